The van der Waals surface area contributed by atoms with Crippen molar-refractivity contribution in [3.8, 4) is 0 Å². The number of rotatable bonds is 9. The van der Waals surface area contributed by atoms with Gasteiger partial charge in [-0.05, 0) is 30.0 Å². The van der Waals surface area contributed by atoms with Crippen LogP contribution in [0.5, 0.6) is 0 Å². The van der Waals surface area contributed by atoms with Gasteiger partial charge in [-0.3, -0.25) is 14.0 Å². The summed E-state index contributed by atoms with van der Waals surface area (Å²) in [6.45, 7) is 8.73. The van der Waals surface area contributed by atoms with E-state index in [2.05, 4.69) is 0 Å². The maximum absolute atomic E-state index is 13.8. The van der Waals surface area contributed by atoms with Crippen LogP contribution in [0.4, 0.5) is 10.1 Å². The third kappa shape index (κ3) is 3.97. The number of carboxylic acid groups (broad SMARTS) is 1. The molecule has 4 saturated heterocycles. The molecular formula is C29H35FN4O6S2+2. The second kappa shape index (κ2) is 9.65. The van der Waals surface area contributed by atoms with Crippen LogP contribution in [0.15, 0.2) is 45.8 Å². The number of hydrogen-bond donors (Lipinski definition) is 2. The molecule has 2 aromatic carbocycles. The van der Waals surface area contributed by atoms with Gasteiger partial charge >= 0.3 is 5.97 Å². The number of amides is 1. The normalized spacial score (nSPS) is 31.5. The van der Waals surface area contributed by atoms with Crippen molar-refractivity contribution in [2.75, 3.05) is 69.9 Å². The molecule has 0 saturated carbocycles. The lowest BCUT2D eigenvalue weighted by molar-refractivity contribution is -1.08. The molecule has 4 fully saturated rings. The number of nitrogens with zero attached hydrogens (tertiary/aromatic N) is 4. The molecule has 2 unspecified atom stereocenters. The van der Waals surface area contributed by atoms with E-state index in [-0.39, 0.29) is 28.7 Å². The lowest BCUT2D eigenvalue weighted by Gasteiger charge is -2.55. The van der Waals surface area contributed by atoms with E-state index in [1.807, 2.05) is 18.2 Å². The number of aliphatic hydroxyl groups is 1. The van der Waals surface area contributed by atoms with Crippen LogP contribution in [-0.2, 0) is 26.0 Å². The summed E-state index contributed by atoms with van der Waals surface area (Å²) < 4.78 is 44.0. The summed E-state index contributed by atoms with van der Waals surface area (Å²) in [5.41, 5.74) is 1.37. The van der Waals surface area contributed by atoms with Gasteiger partial charge in [-0.1, -0.05) is 30.0 Å². The number of aliphatic carboxylic acids is 1. The summed E-state index contributed by atoms with van der Waals surface area (Å²) in [5.74, 6) is -2.49. The van der Waals surface area contributed by atoms with Crippen LogP contribution in [-0.4, -0.2) is 121 Å². The molecule has 0 aromatic heterocycles. The number of aliphatic hydroxyl groups excluding tert-OH is 1. The molecule has 2 N–H and O–H groups in total. The van der Waals surface area contributed by atoms with Crippen molar-refractivity contribution in [2.45, 2.75) is 29.7 Å². The van der Waals surface area contributed by atoms with Crippen LogP contribution in [0, 0.1) is 5.92 Å². The third-order valence-electron chi connectivity index (χ3n) is 10.3. The number of quaternary nitrogens is 2. The average molecular weight is 619 g/mol. The van der Waals surface area contributed by atoms with Crippen LogP contribution in [0.2, 0.25) is 0 Å². The Balaban J connectivity index is 1.17. The minimum absolute atomic E-state index is 0.204. The monoisotopic (exact) mass is 618 g/mol. The van der Waals surface area contributed by atoms with Gasteiger partial charge in [0.15, 0.2) is 0 Å². The van der Waals surface area contributed by atoms with E-state index in [0.717, 1.165) is 83.9 Å². The SMILES string of the molecule is C[C@H](O)C1C(=O)N2C(C(=O)O)=C(CN3c4cccc5c(CC[N+]67CC[N+](CCF)(CC6)CC7)ccc(c45)S3(=O)=O)SC12. The molecule has 6 aliphatic rings. The number of anilines is 1. The molecule has 10 nitrogen and oxygen atoms in total. The van der Waals surface area contributed by atoms with E-state index in [0.29, 0.717) is 17.6 Å². The number of sulfonamides is 1. The summed E-state index contributed by atoms with van der Waals surface area (Å²) >= 11 is 1.14. The zero-order valence-corrected chi connectivity index (χ0v) is 25.0. The first-order valence-corrected chi connectivity index (χ1v) is 16.8. The van der Waals surface area contributed by atoms with Gasteiger partial charge in [0.2, 0.25) is 5.91 Å². The number of piperazine rings is 3. The first kappa shape index (κ1) is 28.1. The largest absolute Gasteiger partial charge is 0.477 e. The second-order valence-corrected chi connectivity index (χ2v) is 15.4. The number of fused-ring (bicyclic) bond motifs is 4. The van der Waals surface area contributed by atoms with Crippen molar-refractivity contribution in [3.63, 3.8) is 0 Å². The summed E-state index contributed by atoms with van der Waals surface area (Å²) in [6.07, 6.45) is -0.141. The van der Waals surface area contributed by atoms with Crippen molar-refractivity contribution < 1.29 is 41.6 Å². The molecule has 0 radical (unpaired) electrons. The van der Waals surface area contributed by atoms with Gasteiger partial charge in [0.25, 0.3) is 10.0 Å². The maximum Gasteiger partial charge on any atom is 0.353 e. The second-order valence-electron chi connectivity index (χ2n) is 12.4. The summed E-state index contributed by atoms with van der Waals surface area (Å²) in [5, 5.41) is 21.0. The lowest BCUT2D eigenvalue weighted by Crippen LogP contribution is -2.75. The van der Waals surface area contributed by atoms with Crippen LogP contribution < -0.4 is 4.31 Å². The highest BCUT2D eigenvalue weighted by molar-refractivity contribution is 8.04. The number of carbonyl (C=O) groups is 2. The Morgan fingerprint density at radius 3 is 2.38 bits per heavy atom. The molecular weight excluding hydrogens is 583 g/mol. The Morgan fingerprint density at radius 2 is 1.76 bits per heavy atom. The molecule has 0 spiro atoms. The number of thioether (sulfide) groups is 1. The van der Waals surface area contributed by atoms with Crippen molar-refractivity contribution in [1.82, 2.24) is 4.90 Å². The fourth-order valence-electron chi connectivity index (χ4n) is 7.72. The van der Waals surface area contributed by atoms with E-state index in [1.54, 1.807) is 12.1 Å². The van der Waals surface area contributed by atoms with Crippen molar-refractivity contribution in [1.29, 1.82) is 0 Å². The number of benzene rings is 2. The summed E-state index contributed by atoms with van der Waals surface area (Å²) in [6, 6.07) is 9.11. The fraction of sp³-hybridized carbons (Fsp3) is 0.517. The molecule has 2 aromatic rings. The third-order valence-corrected chi connectivity index (χ3v) is 13.5. The number of alkyl halides is 1. The molecule has 0 aliphatic carbocycles. The van der Waals surface area contributed by atoms with E-state index >= 15 is 0 Å². The van der Waals surface area contributed by atoms with Crippen molar-refractivity contribution in [2.24, 2.45) is 5.92 Å². The zero-order chi connectivity index (χ0) is 29.6. The molecule has 6 aliphatic heterocycles. The molecule has 1 amide bonds. The number of carboxylic acids is 1. The van der Waals surface area contributed by atoms with E-state index < -0.39 is 39.3 Å². The first-order chi connectivity index (χ1) is 20.0. The van der Waals surface area contributed by atoms with Crippen molar-refractivity contribution in [3.05, 3.63) is 46.5 Å². The van der Waals surface area contributed by atoms with Gasteiger partial charge in [0.05, 0.1) is 35.7 Å². The molecule has 2 bridgehead atoms. The predicted molar refractivity (Wildman–Crippen MR) is 156 cm³/mol. The molecule has 13 heteroatoms. The van der Waals surface area contributed by atoms with E-state index in [4.69, 9.17) is 0 Å². The van der Waals surface area contributed by atoms with Crippen LogP contribution in [0.1, 0.15) is 12.5 Å². The number of hydrogen-bond acceptors (Lipinski definition) is 6. The fourth-order valence-corrected chi connectivity index (χ4v) is 11.1. The average Bonchev–Trinajstić information content (AvgIpc) is 3.39. The van der Waals surface area contributed by atoms with E-state index in [1.165, 1.54) is 16.1 Å². The molecule has 6 heterocycles. The summed E-state index contributed by atoms with van der Waals surface area (Å²) in [4.78, 5) is 26.5. The quantitative estimate of drug-likeness (QED) is 0.325. The molecule has 42 heavy (non-hydrogen) atoms. The Kier molecular flexibility index (Phi) is 6.45. The van der Waals surface area contributed by atoms with Gasteiger partial charge in [0.1, 0.15) is 63.6 Å². The number of carbonyl (C=O) groups excluding carboxylic acids is 1. The maximum atomic E-state index is 13.8. The van der Waals surface area contributed by atoms with Gasteiger partial charge in [-0.2, -0.15) is 0 Å². The Labute approximate surface area is 248 Å². The minimum Gasteiger partial charge on any atom is -0.477 e. The Hall–Kier alpha value is -2.71. The number of β-lactam (4-membered cyclic amide) rings is 1. The predicted octanol–water partition coefficient (Wildman–Crippen LogP) is 1.73. The Morgan fingerprint density at radius 1 is 1.10 bits per heavy atom. The van der Waals surface area contributed by atoms with E-state index in [9.17, 15) is 32.6 Å². The topological polar surface area (TPSA) is 115 Å². The van der Waals surface area contributed by atoms with Gasteiger partial charge in [-0.15, -0.1) is 0 Å². The van der Waals surface area contributed by atoms with Crippen molar-refractivity contribution >= 4 is 50.1 Å². The van der Waals surface area contributed by atoms with Gasteiger partial charge in [0, 0.05) is 16.7 Å². The molecule has 8 rings (SSSR count). The number of halogens is 1. The highest BCUT2D eigenvalue weighted by Crippen LogP contribution is 2.52. The van der Waals surface area contributed by atoms with Crippen LogP contribution >= 0.6 is 11.8 Å². The highest BCUT2D eigenvalue weighted by atomic mass is 32.2. The first-order valence-electron chi connectivity index (χ1n) is 14.5. The molecule has 224 valence electrons. The summed E-state index contributed by atoms with van der Waals surface area (Å²) in [7, 11) is -3.96. The van der Waals surface area contributed by atoms with Crippen LogP contribution in [0.3, 0.4) is 0 Å². The standard InChI is InChI=1S/C29H34FN4O6S2/c1-18(35)24-27(36)32-26(29(37)38)22(41-28(24)32)17-31-21-4-2-3-20-19(5-6-23(25(20)21)42(31,39)40)7-9-33-11-14-34(10-8-30,15-12-33)16-13-33/h2-6,18,24,28,35H,7-17H2,1H3/q+1/p+1/t18-,24?,28?,33?,34?/m0/s1. The molecule has 3 atom stereocenters. The smallest absolute Gasteiger partial charge is 0.353 e. The minimum atomic E-state index is -3.96. The zero-order valence-electron chi connectivity index (χ0n) is 23.4. The lowest BCUT2D eigenvalue weighted by atomic mass is 9.92. The van der Waals surface area contributed by atoms with Crippen LogP contribution in [0.25, 0.3) is 10.8 Å². The van der Waals surface area contributed by atoms with Gasteiger partial charge < -0.3 is 19.2 Å². The highest BCUT2D eigenvalue weighted by Gasteiger charge is 2.58. The Bertz CT molecular complexity index is 1640. The van der Waals surface area contributed by atoms with Gasteiger partial charge in [-0.25, -0.2) is 17.6 Å².